The predicted octanol–water partition coefficient (Wildman–Crippen LogP) is 1.93. The fourth-order valence-electron chi connectivity index (χ4n) is 4.74. The van der Waals surface area contributed by atoms with Crippen molar-refractivity contribution in [3.05, 3.63) is 18.0 Å². The van der Waals surface area contributed by atoms with Gasteiger partial charge in [-0.25, -0.2) is 22.2 Å². The van der Waals surface area contributed by atoms with Gasteiger partial charge in [0, 0.05) is 36.9 Å². The van der Waals surface area contributed by atoms with E-state index in [-0.39, 0.29) is 30.3 Å². The number of hydrogen-bond donors (Lipinski definition) is 2. The molecule has 1 aliphatic carbocycles. The second-order valence-corrected chi connectivity index (χ2v) is 11.1. The molecule has 3 aliphatic rings. The van der Waals surface area contributed by atoms with Gasteiger partial charge in [0.05, 0.1) is 17.3 Å². The molecule has 4 heterocycles. The first kappa shape index (κ1) is 21.0. The van der Waals surface area contributed by atoms with E-state index in [0.29, 0.717) is 37.9 Å². The molecule has 31 heavy (non-hydrogen) atoms. The van der Waals surface area contributed by atoms with Crippen molar-refractivity contribution in [2.24, 2.45) is 0 Å². The lowest BCUT2D eigenvalue weighted by molar-refractivity contribution is 0.184. The number of hydrogen-bond acceptors (Lipinski definition) is 6. The Bertz CT molecular complexity index is 1070. The zero-order chi connectivity index (χ0) is 21.8. The molecular formula is C20H28F2N6O2S. The molecule has 11 heteroatoms. The minimum Gasteiger partial charge on any atom is -0.348 e. The zero-order valence-corrected chi connectivity index (χ0v) is 18.3. The first-order chi connectivity index (χ1) is 14.8. The number of fused-ring (bicyclic) bond motifs is 1. The van der Waals surface area contributed by atoms with Crippen molar-refractivity contribution in [2.45, 2.75) is 62.3 Å². The van der Waals surface area contributed by atoms with E-state index >= 15 is 0 Å². The Balaban J connectivity index is 1.34. The van der Waals surface area contributed by atoms with Crippen LogP contribution < -0.4 is 10.6 Å². The highest BCUT2D eigenvalue weighted by molar-refractivity contribution is 7.90. The number of halogens is 2. The Morgan fingerprint density at radius 1 is 1.19 bits per heavy atom. The first-order valence-electron chi connectivity index (χ1n) is 10.9. The van der Waals surface area contributed by atoms with E-state index in [1.54, 1.807) is 6.20 Å². The maximum Gasteiger partial charge on any atom is 0.224 e. The fraction of sp³-hybridized carbons (Fsp3) is 0.700. The van der Waals surface area contributed by atoms with Crippen LogP contribution in [0.15, 0.2) is 12.3 Å². The van der Waals surface area contributed by atoms with Crippen LogP contribution in [0.2, 0.25) is 0 Å². The number of aryl methyl sites for hydroxylation is 1. The SMILES string of the molecule is Cc1cc2cnc(N[C@@H]3CCN(S(=O)(=O)C4CC4)C[C@H]3F)nc2n1[C@H]1CCNC[C@@H]1F. The zero-order valence-electron chi connectivity index (χ0n) is 17.5. The summed E-state index contributed by atoms with van der Waals surface area (Å²) in [5.74, 6) is 0.280. The summed E-state index contributed by atoms with van der Waals surface area (Å²) < 4.78 is 57.4. The molecule has 0 aromatic carbocycles. The van der Waals surface area contributed by atoms with Crippen LogP contribution in [0, 0.1) is 6.92 Å². The Labute approximate surface area is 180 Å². The average Bonchev–Trinajstić information content (AvgIpc) is 3.54. The van der Waals surface area contributed by atoms with Crippen molar-refractivity contribution in [1.82, 2.24) is 24.2 Å². The van der Waals surface area contributed by atoms with E-state index in [9.17, 15) is 17.2 Å². The molecule has 0 amide bonds. The van der Waals surface area contributed by atoms with Crippen LogP contribution in [0.3, 0.4) is 0 Å². The smallest absolute Gasteiger partial charge is 0.224 e. The number of anilines is 1. The highest BCUT2D eigenvalue weighted by Crippen LogP contribution is 2.33. The normalized spacial score (nSPS) is 30.5. The van der Waals surface area contributed by atoms with Gasteiger partial charge >= 0.3 is 0 Å². The molecule has 3 fully saturated rings. The minimum absolute atomic E-state index is 0.146. The number of sulfonamides is 1. The van der Waals surface area contributed by atoms with Crippen LogP contribution in [0.4, 0.5) is 14.7 Å². The molecule has 0 spiro atoms. The molecule has 0 bridgehead atoms. The molecule has 2 aromatic rings. The first-order valence-corrected chi connectivity index (χ1v) is 12.4. The summed E-state index contributed by atoms with van der Waals surface area (Å²) in [5.41, 5.74) is 1.55. The van der Waals surface area contributed by atoms with Crippen LogP contribution in [0.1, 0.15) is 37.4 Å². The lowest BCUT2D eigenvalue weighted by Crippen LogP contribution is -2.50. The number of nitrogens with zero attached hydrogens (tertiary/aromatic N) is 4. The average molecular weight is 455 g/mol. The number of nitrogens with one attached hydrogen (secondary N) is 2. The minimum atomic E-state index is -3.38. The second-order valence-electron chi connectivity index (χ2n) is 8.86. The quantitative estimate of drug-likeness (QED) is 0.717. The molecule has 4 atom stereocenters. The van der Waals surface area contributed by atoms with Gasteiger partial charge < -0.3 is 15.2 Å². The van der Waals surface area contributed by atoms with Crippen molar-refractivity contribution in [2.75, 3.05) is 31.5 Å². The van der Waals surface area contributed by atoms with E-state index in [1.807, 2.05) is 17.6 Å². The van der Waals surface area contributed by atoms with Crippen molar-refractivity contribution in [1.29, 1.82) is 0 Å². The van der Waals surface area contributed by atoms with Crippen LogP contribution in [-0.2, 0) is 10.0 Å². The highest BCUT2D eigenvalue weighted by Gasteiger charge is 2.43. The molecular weight excluding hydrogens is 426 g/mol. The van der Waals surface area contributed by atoms with Gasteiger partial charge in [0.2, 0.25) is 16.0 Å². The van der Waals surface area contributed by atoms with E-state index < -0.39 is 28.4 Å². The molecule has 5 rings (SSSR count). The van der Waals surface area contributed by atoms with Gasteiger partial charge in [-0.05, 0) is 45.2 Å². The van der Waals surface area contributed by atoms with Gasteiger partial charge in [-0.3, -0.25) is 0 Å². The molecule has 0 unspecified atom stereocenters. The lowest BCUT2D eigenvalue weighted by atomic mass is 10.0. The summed E-state index contributed by atoms with van der Waals surface area (Å²) in [6.45, 7) is 3.12. The summed E-state index contributed by atoms with van der Waals surface area (Å²) in [6, 6.07) is 1.07. The van der Waals surface area contributed by atoms with Gasteiger partial charge in [-0.1, -0.05) is 0 Å². The second kappa shape index (κ2) is 7.93. The van der Waals surface area contributed by atoms with E-state index in [2.05, 4.69) is 20.6 Å². The Kier molecular flexibility index (Phi) is 5.38. The Morgan fingerprint density at radius 3 is 2.71 bits per heavy atom. The van der Waals surface area contributed by atoms with Gasteiger partial charge in [0.1, 0.15) is 18.0 Å². The van der Waals surface area contributed by atoms with Gasteiger partial charge in [0.25, 0.3) is 0 Å². The standard InChI is InChI=1S/C20H28F2N6O2S/c1-12-8-13-9-24-20(26-19(13)28(12)18-4-6-23-10-15(18)21)25-17-5-7-27(11-16(17)22)31(29,30)14-2-3-14/h8-9,14-18,23H,2-7,10-11H2,1H3,(H,24,25,26)/t15-,16+,17+,18-/m0/s1. The van der Waals surface area contributed by atoms with Crippen LogP contribution >= 0.6 is 0 Å². The summed E-state index contributed by atoms with van der Waals surface area (Å²) in [4.78, 5) is 8.92. The van der Waals surface area contributed by atoms with Crippen LogP contribution in [-0.4, -0.2) is 77.1 Å². The van der Waals surface area contributed by atoms with E-state index in [1.165, 1.54) is 4.31 Å². The van der Waals surface area contributed by atoms with E-state index in [4.69, 9.17) is 0 Å². The monoisotopic (exact) mass is 454 g/mol. The molecule has 1 saturated carbocycles. The van der Waals surface area contributed by atoms with Crippen molar-refractivity contribution < 1.29 is 17.2 Å². The van der Waals surface area contributed by atoms with Crippen LogP contribution in [0.5, 0.6) is 0 Å². The molecule has 2 aromatic heterocycles. The molecule has 2 saturated heterocycles. The molecule has 8 nitrogen and oxygen atoms in total. The third-order valence-corrected chi connectivity index (χ3v) is 8.96. The van der Waals surface area contributed by atoms with Crippen molar-refractivity contribution >= 4 is 27.0 Å². The maximum atomic E-state index is 14.9. The van der Waals surface area contributed by atoms with Gasteiger partial charge in [-0.15, -0.1) is 0 Å². The molecule has 2 N–H and O–H groups in total. The highest BCUT2D eigenvalue weighted by atomic mass is 32.2. The third kappa shape index (κ3) is 3.91. The Hall–Kier alpha value is -1.85. The fourth-order valence-corrected chi connectivity index (χ4v) is 6.60. The third-order valence-electron chi connectivity index (χ3n) is 6.60. The number of aromatic nitrogens is 3. The molecule has 0 radical (unpaired) electrons. The van der Waals surface area contributed by atoms with Gasteiger partial charge in [0.15, 0.2) is 0 Å². The number of piperidine rings is 2. The molecule has 2 aliphatic heterocycles. The number of rotatable bonds is 5. The maximum absolute atomic E-state index is 14.9. The van der Waals surface area contributed by atoms with Crippen molar-refractivity contribution in [3.8, 4) is 0 Å². The predicted molar refractivity (Wildman–Crippen MR) is 114 cm³/mol. The Morgan fingerprint density at radius 2 is 2.00 bits per heavy atom. The topological polar surface area (TPSA) is 92.2 Å². The summed E-state index contributed by atoms with van der Waals surface area (Å²) in [6.07, 6.45) is 1.65. The summed E-state index contributed by atoms with van der Waals surface area (Å²) >= 11 is 0. The lowest BCUT2D eigenvalue weighted by Gasteiger charge is -2.34. The number of alkyl halides is 2. The van der Waals surface area contributed by atoms with Gasteiger partial charge in [-0.2, -0.15) is 9.29 Å². The van der Waals surface area contributed by atoms with Crippen LogP contribution in [0.25, 0.3) is 11.0 Å². The largest absolute Gasteiger partial charge is 0.348 e. The summed E-state index contributed by atoms with van der Waals surface area (Å²) in [7, 11) is -3.38. The summed E-state index contributed by atoms with van der Waals surface area (Å²) in [5, 5.41) is 6.60. The molecule has 170 valence electrons. The van der Waals surface area contributed by atoms with Crippen molar-refractivity contribution in [3.63, 3.8) is 0 Å². The van der Waals surface area contributed by atoms with E-state index in [0.717, 1.165) is 17.6 Å².